The van der Waals surface area contributed by atoms with E-state index in [4.69, 9.17) is 4.74 Å². The van der Waals surface area contributed by atoms with Crippen molar-refractivity contribution in [3.8, 4) is 5.75 Å². The van der Waals surface area contributed by atoms with Crippen LogP contribution in [0.4, 0.5) is 5.69 Å². The molecule has 5 nitrogen and oxygen atoms in total. The first-order valence-corrected chi connectivity index (χ1v) is 11.2. The summed E-state index contributed by atoms with van der Waals surface area (Å²) >= 11 is 0. The Morgan fingerprint density at radius 1 is 1.03 bits per heavy atom. The fourth-order valence-electron chi connectivity index (χ4n) is 4.68. The Morgan fingerprint density at radius 3 is 2.70 bits per heavy atom. The third-order valence-corrected chi connectivity index (χ3v) is 6.39. The number of ether oxygens (including phenoxy) is 1. The topological polar surface area (TPSA) is 44.8 Å². The number of hydrogen-bond donors (Lipinski definition) is 1. The summed E-state index contributed by atoms with van der Waals surface area (Å²) in [4.78, 5) is 17.5. The Bertz CT molecular complexity index is 837. The average Bonchev–Trinajstić information content (AvgIpc) is 3.04. The zero-order chi connectivity index (χ0) is 20.8. The number of nitrogens with zero attached hydrogens (tertiary/aromatic N) is 2. The third-order valence-electron chi connectivity index (χ3n) is 6.39. The van der Waals surface area contributed by atoms with Crippen LogP contribution in [0.2, 0.25) is 0 Å². The van der Waals surface area contributed by atoms with Gasteiger partial charge in [-0.05, 0) is 67.6 Å². The van der Waals surface area contributed by atoms with Gasteiger partial charge in [0.2, 0.25) is 5.91 Å². The van der Waals surface area contributed by atoms with E-state index >= 15 is 0 Å². The lowest BCUT2D eigenvalue weighted by Gasteiger charge is -2.27. The van der Waals surface area contributed by atoms with Gasteiger partial charge in [-0.15, -0.1) is 0 Å². The fraction of sp³-hybridized carbons (Fsp3) is 0.480. The molecule has 160 valence electrons. The van der Waals surface area contributed by atoms with Gasteiger partial charge >= 0.3 is 0 Å². The number of anilines is 1. The SMILES string of the molecule is COc1ccc(N2CCCN(CCC(=O)NC3CCCc4ccccc43)CC2)cc1. The standard InChI is InChI=1S/C25H33N3O2/c1-30-22-12-10-21(11-13-22)28-16-5-15-27(18-19-28)17-14-25(29)26-24-9-4-7-20-6-2-3-8-23(20)24/h2-3,6,8,10-13,24H,4-5,7,9,14-19H2,1H3,(H,26,29). The molecule has 2 aromatic rings. The molecule has 1 amide bonds. The van der Waals surface area contributed by atoms with Crippen molar-refractivity contribution in [3.05, 3.63) is 59.7 Å². The van der Waals surface area contributed by atoms with E-state index in [0.717, 1.165) is 64.2 Å². The molecule has 1 N–H and O–H groups in total. The second-order valence-corrected chi connectivity index (χ2v) is 8.34. The smallest absolute Gasteiger partial charge is 0.221 e. The van der Waals surface area contributed by atoms with Gasteiger partial charge in [-0.1, -0.05) is 24.3 Å². The minimum absolute atomic E-state index is 0.174. The quantitative estimate of drug-likeness (QED) is 0.791. The van der Waals surface area contributed by atoms with E-state index in [1.54, 1.807) is 7.11 Å². The highest BCUT2D eigenvalue weighted by atomic mass is 16.5. The lowest BCUT2D eigenvalue weighted by atomic mass is 9.87. The second kappa shape index (κ2) is 9.98. The lowest BCUT2D eigenvalue weighted by molar-refractivity contribution is -0.122. The highest BCUT2D eigenvalue weighted by Gasteiger charge is 2.22. The van der Waals surface area contributed by atoms with Crippen LogP contribution in [0.3, 0.4) is 0 Å². The number of carbonyl (C=O) groups excluding carboxylic acids is 1. The number of carbonyl (C=O) groups is 1. The van der Waals surface area contributed by atoms with Crippen molar-refractivity contribution in [3.63, 3.8) is 0 Å². The molecule has 1 unspecified atom stereocenters. The zero-order valence-electron chi connectivity index (χ0n) is 18.0. The molecule has 2 aliphatic rings. The van der Waals surface area contributed by atoms with Crippen LogP contribution in [0.1, 0.15) is 42.9 Å². The van der Waals surface area contributed by atoms with Crippen LogP contribution in [-0.4, -0.2) is 50.6 Å². The summed E-state index contributed by atoms with van der Waals surface area (Å²) < 4.78 is 5.26. The number of hydrogen-bond acceptors (Lipinski definition) is 4. The van der Waals surface area contributed by atoms with Gasteiger partial charge in [-0.2, -0.15) is 0 Å². The van der Waals surface area contributed by atoms with Crippen molar-refractivity contribution in [1.29, 1.82) is 0 Å². The number of fused-ring (bicyclic) bond motifs is 1. The molecule has 5 heteroatoms. The molecule has 1 fully saturated rings. The Balaban J connectivity index is 1.25. The maximum absolute atomic E-state index is 12.6. The normalized spacial score (nSPS) is 19.6. The zero-order valence-corrected chi connectivity index (χ0v) is 18.0. The number of amides is 1. The van der Waals surface area contributed by atoms with Gasteiger partial charge in [0.15, 0.2) is 0 Å². The molecule has 0 saturated carbocycles. The van der Waals surface area contributed by atoms with Crippen molar-refractivity contribution in [2.24, 2.45) is 0 Å². The summed E-state index contributed by atoms with van der Waals surface area (Å²) in [6.45, 7) is 4.91. The van der Waals surface area contributed by atoms with Crippen LogP contribution in [0.15, 0.2) is 48.5 Å². The number of nitrogens with one attached hydrogen (secondary N) is 1. The van der Waals surface area contributed by atoms with Gasteiger partial charge in [0.1, 0.15) is 5.75 Å². The molecule has 4 rings (SSSR count). The van der Waals surface area contributed by atoms with E-state index in [9.17, 15) is 4.79 Å². The van der Waals surface area contributed by atoms with E-state index in [2.05, 4.69) is 51.5 Å². The first kappa shape index (κ1) is 20.7. The Kier molecular flexibility index (Phi) is 6.90. The Labute approximate surface area is 180 Å². The van der Waals surface area contributed by atoms with Crippen molar-refractivity contribution in [2.45, 2.75) is 38.1 Å². The predicted molar refractivity (Wildman–Crippen MR) is 121 cm³/mol. The molecule has 1 aliphatic heterocycles. The maximum Gasteiger partial charge on any atom is 0.221 e. The molecule has 2 aromatic carbocycles. The van der Waals surface area contributed by atoms with Crippen LogP contribution < -0.4 is 15.0 Å². The highest BCUT2D eigenvalue weighted by Crippen LogP contribution is 2.29. The molecule has 0 spiro atoms. The third kappa shape index (κ3) is 5.14. The van der Waals surface area contributed by atoms with Crippen molar-refractivity contribution in [1.82, 2.24) is 10.2 Å². The number of rotatable bonds is 6. The van der Waals surface area contributed by atoms with Gasteiger partial charge in [0.25, 0.3) is 0 Å². The minimum atomic E-state index is 0.174. The van der Waals surface area contributed by atoms with E-state index in [0.29, 0.717) is 6.42 Å². The molecule has 1 saturated heterocycles. The van der Waals surface area contributed by atoms with Gasteiger partial charge in [-0.3, -0.25) is 4.79 Å². The molecule has 0 bridgehead atoms. The monoisotopic (exact) mass is 407 g/mol. The fourth-order valence-corrected chi connectivity index (χ4v) is 4.68. The first-order valence-electron chi connectivity index (χ1n) is 11.2. The van der Waals surface area contributed by atoms with Gasteiger partial charge in [0, 0.05) is 38.3 Å². The molecule has 0 radical (unpaired) electrons. The van der Waals surface area contributed by atoms with E-state index < -0.39 is 0 Å². The predicted octanol–water partition coefficient (Wildman–Crippen LogP) is 3.79. The molecule has 0 aromatic heterocycles. The van der Waals surface area contributed by atoms with Crippen molar-refractivity contribution >= 4 is 11.6 Å². The summed E-state index contributed by atoms with van der Waals surface area (Å²) in [6.07, 6.45) is 5.00. The molecule has 1 aliphatic carbocycles. The largest absolute Gasteiger partial charge is 0.497 e. The molecular weight excluding hydrogens is 374 g/mol. The summed E-state index contributed by atoms with van der Waals surface area (Å²) in [5.74, 6) is 1.06. The molecule has 1 heterocycles. The van der Waals surface area contributed by atoms with Crippen LogP contribution in [0.5, 0.6) is 5.75 Å². The van der Waals surface area contributed by atoms with Crippen LogP contribution in [0, 0.1) is 0 Å². The average molecular weight is 408 g/mol. The molecule has 30 heavy (non-hydrogen) atoms. The van der Waals surface area contributed by atoms with Crippen LogP contribution >= 0.6 is 0 Å². The van der Waals surface area contributed by atoms with Gasteiger partial charge < -0.3 is 19.9 Å². The number of benzene rings is 2. The van der Waals surface area contributed by atoms with Crippen LogP contribution in [0.25, 0.3) is 0 Å². The molecule has 1 atom stereocenters. The van der Waals surface area contributed by atoms with E-state index in [-0.39, 0.29) is 11.9 Å². The Hall–Kier alpha value is -2.53. The first-order chi connectivity index (χ1) is 14.7. The van der Waals surface area contributed by atoms with Gasteiger partial charge in [-0.25, -0.2) is 0 Å². The summed E-state index contributed by atoms with van der Waals surface area (Å²) in [5.41, 5.74) is 3.94. The summed E-state index contributed by atoms with van der Waals surface area (Å²) in [5, 5.41) is 3.29. The second-order valence-electron chi connectivity index (χ2n) is 8.34. The minimum Gasteiger partial charge on any atom is -0.497 e. The van der Waals surface area contributed by atoms with Gasteiger partial charge in [0.05, 0.1) is 13.2 Å². The van der Waals surface area contributed by atoms with Crippen LogP contribution in [-0.2, 0) is 11.2 Å². The lowest BCUT2D eigenvalue weighted by Crippen LogP contribution is -2.36. The van der Waals surface area contributed by atoms with E-state index in [1.165, 1.54) is 16.8 Å². The number of methoxy groups -OCH3 is 1. The van der Waals surface area contributed by atoms with Crippen molar-refractivity contribution in [2.75, 3.05) is 44.7 Å². The maximum atomic E-state index is 12.6. The molecular formula is C25H33N3O2. The Morgan fingerprint density at radius 2 is 1.87 bits per heavy atom. The van der Waals surface area contributed by atoms with Crippen molar-refractivity contribution < 1.29 is 9.53 Å². The summed E-state index contributed by atoms with van der Waals surface area (Å²) in [7, 11) is 1.70. The highest BCUT2D eigenvalue weighted by molar-refractivity contribution is 5.76. The summed E-state index contributed by atoms with van der Waals surface area (Å²) in [6, 6.07) is 17.0. The van der Waals surface area contributed by atoms with E-state index in [1.807, 2.05) is 12.1 Å². The number of aryl methyl sites for hydroxylation is 1.